The highest BCUT2D eigenvalue weighted by Gasteiger charge is 2.34. The Labute approximate surface area is 173 Å². The number of rotatable bonds is 5. The zero-order valence-corrected chi connectivity index (χ0v) is 18.3. The van der Waals surface area contributed by atoms with Crippen LogP contribution < -0.4 is 5.32 Å². The van der Waals surface area contributed by atoms with Crippen molar-refractivity contribution in [2.24, 2.45) is 5.92 Å². The normalized spacial score (nSPS) is 18.2. The lowest BCUT2D eigenvalue weighted by Crippen LogP contribution is -2.43. The molecule has 1 atom stereocenters. The van der Waals surface area contributed by atoms with Crippen LogP contribution in [0.2, 0.25) is 0 Å². The van der Waals surface area contributed by atoms with E-state index in [2.05, 4.69) is 21.2 Å². The van der Waals surface area contributed by atoms with Crippen molar-refractivity contribution in [1.82, 2.24) is 4.31 Å². The molecule has 27 heavy (non-hydrogen) atoms. The number of halogens is 1. The van der Waals surface area contributed by atoms with Crippen LogP contribution >= 0.6 is 38.6 Å². The summed E-state index contributed by atoms with van der Waals surface area (Å²) in [5.41, 5.74) is 0.291. The van der Waals surface area contributed by atoms with Gasteiger partial charge in [-0.15, -0.1) is 22.7 Å². The Kier molecular flexibility index (Phi) is 6.36. The molecule has 0 radical (unpaired) electrons. The number of anilines is 1. The first-order chi connectivity index (χ1) is 12.8. The van der Waals surface area contributed by atoms with Crippen LogP contribution in [0, 0.1) is 5.92 Å². The molecular weight excluding hydrogens is 476 g/mol. The second-order valence-electron chi connectivity index (χ2n) is 5.90. The van der Waals surface area contributed by atoms with Gasteiger partial charge in [0.1, 0.15) is 9.21 Å². The van der Waals surface area contributed by atoms with Crippen LogP contribution in [-0.4, -0.2) is 44.8 Å². The number of nitrogens with zero attached hydrogens (tertiary/aromatic N) is 1. The van der Waals surface area contributed by atoms with Gasteiger partial charge in [0.15, 0.2) is 0 Å². The molecule has 0 saturated carbocycles. The van der Waals surface area contributed by atoms with Crippen LogP contribution in [0.4, 0.5) is 5.00 Å². The summed E-state index contributed by atoms with van der Waals surface area (Å²) in [5, 5.41) is 4.84. The van der Waals surface area contributed by atoms with Crippen LogP contribution in [0.3, 0.4) is 0 Å². The molecule has 146 valence electrons. The van der Waals surface area contributed by atoms with Crippen molar-refractivity contribution in [3.63, 3.8) is 0 Å². The van der Waals surface area contributed by atoms with E-state index in [0.717, 1.165) is 15.1 Å². The summed E-state index contributed by atoms with van der Waals surface area (Å²) in [6, 6.07) is 4.83. The molecule has 1 amide bonds. The predicted octanol–water partition coefficient (Wildman–Crippen LogP) is 3.40. The number of amides is 1. The number of sulfonamides is 1. The van der Waals surface area contributed by atoms with E-state index in [1.54, 1.807) is 23.6 Å². The summed E-state index contributed by atoms with van der Waals surface area (Å²) in [5.74, 6) is -1.30. The van der Waals surface area contributed by atoms with Crippen molar-refractivity contribution in [2.75, 3.05) is 25.5 Å². The zero-order valence-electron chi connectivity index (χ0n) is 14.3. The van der Waals surface area contributed by atoms with Crippen molar-refractivity contribution in [3.05, 3.63) is 32.9 Å². The first-order valence-corrected chi connectivity index (χ1v) is 12.0. The number of hydrogen-bond acceptors (Lipinski definition) is 7. The number of thiophene rings is 2. The minimum atomic E-state index is -3.62. The topological polar surface area (TPSA) is 92.8 Å². The fraction of sp³-hybridized carbons (Fsp3) is 0.375. The zero-order chi connectivity index (χ0) is 19.6. The molecule has 1 fully saturated rings. The van der Waals surface area contributed by atoms with Gasteiger partial charge in [-0.2, -0.15) is 4.31 Å². The molecule has 7 nitrogen and oxygen atoms in total. The molecular formula is C16H17BrN2O5S3. The standard InChI is InChI=1S/C16H17BrN2O5S3/c1-24-16(21)11-6-8-25-15(11)18-14(20)10-3-2-7-19(9-10)27(22,23)13-5-4-12(17)26-13/h4-6,8,10H,2-3,7,9H2,1H3,(H,18,20). The predicted molar refractivity (Wildman–Crippen MR) is 108 cm³/mol. The molecule has 2 aromatic rings. The largest absolute Gasteiger partial charge is 0.465 e. The summed E-state index contributed by atoms with van der Waals surface area (Å²) in [4.78, 5) is 24.4. The van der Waals surface area contributed by atoms with Crippen molar-refractivity contribution < 1.29 is 22.7 Å². The van der Waals surface area contributed by atoms with Gasteiger partial charge >= 0.3 is 5.97 Å². The summed E-state index contributed by atoms with van der Waals surface area (Å²) in [7, 11) is -2.35. The summed E-state index contributed by atoms with van der Waals surface area (Å²) in [6.07, 6.45) is 1.18. The van der Waals surface area contributed by atoms with Crippen molar-refractivity contribution >= 4 is 65.5 Å². The average molecular weight is 493 g/mol. The minimum absolute atomic E-state index is 0.114. The molecule has 0 spiro atoms. The van der Waals surface area contributed by atoms with Gasteiger partial charge in [-0.3, -0.25) is 4.79 Å². The number of ether oxygens (including phenoxy) is 1. The summed E-state index contributed by atoms with van der Waals surface area (Å²) < 4.78 is 32.6. The molecule has 0 aromatic carbocycles. The Balaban J connectivity index is 1.72. The molecule has 2 aromatic heterocycles. The number of esters is 1. The second kappa shape index (κ2) is 8.39. The van der Waals surface area contributed by atoms with E-state index in [-0.39, 0.29) is 16.7 Å². The fourth-order valence-corrected chi connectivity index (χ4v) is 7.30. The van der Waals surface area contributed by atoms with Crippen LogP contribution in [0.5, 0.6) is 0 Å². The molecule has 1 N–H and O–H groups in total. The number of hydrogen-bond donors (Lipinski definition) is 1. The molecule has 1 saturated heterocycles. The molecule has 1 unspecified atom stereocenters. The molecule has 0 bridgehead atoms. The van der Waals surface area contributed by atoms with Gasteiger partial charge in [-0.05, 0) is 52.4 Å². The number of piperidine rings is 1. The third-order valence-electron chi connectivity index (χ3n) is 4.20. The highest BCUT2D eigenvalue weighted by Crippen LogP contribution is 2.31. The highest BCUT2D eigenvalue weighted by atomic mass is 79.9. The summed E-state index contributed by atoms with van der Waals surface area (Å²) >= 11 is 5.65. The fourth-order valence-electron chi connectivity index (χ4n) is 2.83. The maximum absolute atomic E-state index is 12.8. The molecule has 3 rings (SSSR count). The third kappa shape index (κ3) is 4.43. The van der Waals surface area contributed by atoms with E-state index in [4.69, 9.17) is 4.74 Å². The average Bonchev–Trinajstić information content (AvgIpc) is 3.30. The van der Waals surface area contributed by atoms with Crippen molar-refractivity contribution in [3.8, 4) is 0 Å². The Bertz CT molecular complexity index is 953. The monoisotopic (exact) mass is 492 g/mol. The number of carbonyl (C=O) groups excluding carboxylic acids is 2. The number of methoxy groups -OCH3 is 1. The summed E-state index contributed by atoms with van der Waals surface area (Å²) in [6.45, 7) is 0.497. The SMILES string of the molecule is COC(=O)c1ccsc1NC(=O)C1CCCN(S(=O)(=O)c2ccc(Br)s2)C1. The van der Waals surface area contributed by atoms with Crippen LogP contribution in [0.25, 0.3) is 0 Å². The van der Waals surface area contributed by atoms with E-state index in [1.807, 2.05) is 0 Å². The Morgan fingerprint density at radius 1 is 1.33 bits per heavy atom. The lowest BCUT2D eigenvalue weighted by atomic mass is 9.99. The smallest absolute Gasteiger partial charge is 0.340 e. The molecule has 1 aliphatic rings. The molecule has 11 heteroatoms. The molecule has 1 aliphatic heterocycles. The van der Waals surface area contributed by atoms with E-state index in [0.29, 0.717) is 30.0 Å². The Morgan fingerprint density at radius 2 is 2.11 bits per heavy atom. The first kappa shape index (κ1) is 20.5. The van der Waals surface area contributed by atoms with Crippen molar-refractivity contribution in [2.45, 2.75) is 17.1 Å². The quantitative estimate of drug-likeness (QED) is 0.645. The van der Waals surface area contributed by atoms with Gasteiger partial charge in [-0.25, -0.2) is 13.2 Å². The van der Waals surface area contributed by atoms with Gasteiger partial charge in [0, 0.05) is 13.1 Å². The van der Waals surface area contributed by atoms with Crippen LogP contribution in [0.15, 0.2) is 31.6 Å². The first-order valence-electron chi connectivity index (χ1n) is 8.05. The van der Waals surface area contributed by atoms with Gasteiger partial charge in [0.2, 0.25) is 5.91 Å². The minimum Gasteiger partial charge on any atom is -0.465 e. The van der Waals surface area contributed by atoms with Gasteiger partial charge < -0.3 is 10.1 Å². The Morgan fingerprint density at radius 3 is 2.78 bits per heavy atom. The Hall–Kier alpha value is -1.27. The van der Waals surface area contributed by atoms with E-state index >= 15 is 0 Å². The van der Waals surface area contributed by atoms with Crippen LogP contribution in [-0.2, 0) is 19.6 Å². The third-order valence-corrected chi connectivity index (χ3v) is 8.99. The van der Waals surface area contributed by atoms with Crippen molar-refractivity contribution in [1.29, 1.82) is 0 Å². The second-order valence-corrected chi connectivity index (χ2v) is 11.4. The lowest BCUT2D eigenvalue weighted by Gasteiger charge is -2.30. The maximum Gasteiger partial charge on any atom is 0.340 e. The molecule has 3 heterocycles. The maximum atomic E-state index is 12.8. The van der Waals surface area contributed by atoms with Crippen LogP contribution in [0.1, 0.15) is 23.2 Å². The van der Waals surface area contributed by atoms with E-state index in [1.165, 1.54) is 22.8 Å². The highest BCUT2D eigenvalue weighted by molar-refractivity contribution is 9.11. The number of nitrogens with one attached hydrogen (secondary N) is 1. The molecule has 0 aliphatic carbocycles. The van der Waals surface area contributed by atoms with Gasteiger partial charge in [0.05, 0.1) is 22.4 Å². The van der Waals surface area contributed by atoms with Gasteiger partial charge in [0.25, 0.3) is 10.0 Å². The number of carbonyl (C=O) groups is 2. The van der Waals surface area contributed by atoms with E-state index < -0.39 is 21.9 Å². The van der Waals surface area contributed by atoms with Gasteiger partial charge in [-0.1, -0.05) is 0 Å². The lowest BCUT2D eigenvalue weighted by molar-refractivity contribution is -0.120. The van der Waals surface area contributed by atoms with E-state index in [9.17, 15) is 18.0 Å².